The largest absolute Gasteiger partial charge is 0.494 e. The molecule has 0 aliphatic rings. The second-order valence-electron chi connectivity index (χ2n) is 6.63. The molecule has 0 bridgehead atoms. The van der Waals surface area contributed by atoms with Crippen LogP contribution in [0.1, 0.15) is 59.7 Å². The van der Waals surface area contributed by atoms with E-state index in [4.69, 9.17) is 17.0 Å². The molecule has 0 atom stereocenters. The summed E-state index contributed by atoms with van der Waals surface area (Å²) in [6.07, 6.45) is 5.90. The predicted molar refractivity (Wildman–Crippen MR) is 126 cm³/mol. The van der Waals surface area contributed by atoms with Crippen molar-refractivity contribution in [2.75, 3.05) is 6.61 Å². The predicted octanol–water partition coefficient (Wildman–Crippen LogP) is 4.75. The van der Waals surface area contributed by atoms with Gasteiger partial charge in [0.25, 0.3) is 11.8 Å². The summed E-state index contributed by atoms with van der Waals surface area (Å²) in [5, 5.41) is 2.52. The van der Waals surface area contributed by atoms with Gasteiger partial charge >= 0.3 is 0 Å². The van der Waals surface area contributed by atoms with E-state index in [9.17, 15) is 9.59 Å². The van der Waals surface area contributed by atoms with Gasteiger partial charge in [0.05, 0.1) is 12.2 Å². The van der Waals surface area contributed by atoms with Crippen molar-refractivity contribution in [3.05, 3.63) is 64.1 Å². The maximum atomic E-state index is 12.3. The lowest BCUT2D eigenvalue weighted by Crippen LogP contribution is -2.48. The normalized spacial score (nSPS) is 10.2. The molecule has 2 aromatic rings. The molecule has 2 amide bonds. The number of benzene rings is 2. The Morgan fingerprint density at radius 3 is 2.33 bits per heavy atom. The molecule has 6 nitrogen and oxygen atoms in total. The van der Waals surface area contributed by atoms with Crippen LogP contribution in [0.3, 0.4) is 0 Å². The average molecular weight is 492 g/mol. The highest BCUT2D eigenvalue weighted by Gasteiger charge is 2.11. The number of hydrogen-bond acceptors (Lipinski definition) is 4. The number of amides is 2. The van der Waals surface area contributed by atoms with Crippen LogP contribution in [0.15, 0.2) is 53.0 Å². The minimum absolute atomic E-state index is 0.00666. The van der Waals surface area contributed by atoms with Crippen LogP contribution in [0, 0.1) is 0 Å². The van der Waals surface area contributed by atoms with Crippen LogP contribution in [0.25, 0.3) is 0 Å². The number of hydrogen-bond donors (Lipinski definition) is 3. The molecule has 0 radical (unpaired) electrons. The van der Waals surface area contributed by atoms with Crippen molar-refractivity contribution >= 4 is 45.1 Å². The lowest BCUT2D eigenvalue weighted by Gasteiger charge is -2.12. The van der Waals surface area contributed by atoms with E-state index >= 15 is 0 Å². The number of thiocarbonyl (C=S) groups is 1. The first kappa shape index (κ1) is 23.8. The van der Waals surface area contributed by atoms with Gasteiger partial charge in [0, 0.05) is 10.0 Å². The number of nitrogens with one attached hydrogen (secondary N) is 3. The van der Waals surface area contributed by atoms with E-state index in [2.05, 4.69) is 39.0 Å². The molecule has 0 aromatic heterocycles. The average Bonchev–Trinajstić information content (AvgIpc) is 2.75. The van der Waals surface area contributed by atoms with Crippen LogP contribution in [0.4, 0.5) is 0 Å². The van der Waals surface area contributed by atoms with Crippen LogP contribution >= 0.6 is 28.1 Å². The topological polar surface area (TPSA) is 79.5 Å². The van der Waals surface area contributed by atoms with Crippen molar-refractivity contribution < 1.29 is 14.3 Å². The molecular weight excluding hydrogens is 466 g/mol. The first-order valence-electron chi connectivity index (χ1n) is 9.90. The molecular formula is C22H26BrN3O3S. The first-order valence-corrected chi connectivity index (χ1v) is 11.1. The summed E-state index contributed by atoms with van der Waals surface area (Å²) in [7, 11) is 0. The molecule has 3 N–H and O–H groups in total. The SMILES string of the molecule is CCCCCCCOc1ccc(C(=O)NC(=S)NNC(=O)c2ccccc2Br)cc1. The molecule has 0 aliphatic carbocycles. The fraction of sp³-hybridized carbons (Fsp3) is 0.318. The Kier molecular flexibility index (Phi) is 10.3. The van der Waals surface area contributed by atoms with Crippen molar-refractivity contribution in [2.45, 2.75) is 39.0 Å². The van der Waals surface area contributed by atoms with Gasteiger partial charge in [-0.15, -0.1) is 0 Å². The van der Waals surface area contributed by atoms with Crippen LogP contribution in [0.5, 0.6) is 5.75 Å². The van der Waals surface area contributed by atoms with E-state index in [0.29, 0.717) is 22.2 Å². The second-order valence-corrected chi connectivity index (χ2v) is 7.89. The number of carbonyl (C=O) groups is 2. The second kappa shape index (κ2) is 13.0. The van der Waals surface area contributed by atoms with Crippen LogP contribution in [-0.2, 0) is 0 Å². The summed E-state index contributed by atoms with van der Waals surface area (Å²) in [6, 6.07) is 13.8. The molecule has 0 saturated heterocycles. The highest BCUT2D eigenvalue weighted by Crippen LogP contribution is 2.15. The molecule has 0 saturated carbocycles. The fourth-order valence-electron chi connectivity index (χ4n) is 2.63. The van der Waals surface area contributed by atoms with E-state index in [1.54, 1.807) is 42.5 Å². The Morgan fingerprint density at radius 2 is 1.63 bits per heavy atom. The van der Waals surface area contributed by atoms with E-state index in [1.807, 2.05) is 6.07 Å². The maximum absolute atomic E-state index is 12.3. The summed E-state index contributed by atoms with van der Waals surface area (Å²) >= 11 is 8.37. The molecule has 0 fully saturated rings. The van der Waals surface area contributed by atoms with Gasteiger partial charge in [0.15, 0.2) is 5.11 Å². The third-order valence-corrected chi connectivity index (χ3v) is 5.16. The van der Waals surface area contributed by atoms with Gasteiger partial charge in [-0.1, -0.05) is 44.7 Å². The Hall–Kier alpha value is -2.45. The highest BCUT2D eigenvalue weighted by atomic mass is 79.9. The summed E-state index contributed by atoms with van der Waals surface area (Å²) in [5.41, 5.74) is 5.86. The first-order chi connectivity index (χ1) is 14.5. The summed E-state index contributed by atoms with van der Waals surface area (Å²) < 4.78 is 6.35. The molecule has 2 aromatic carbocycles. The quantitative estimate of drug-likeness (QED) is 0.268. The van der Waals surface area contributed by atoms with Gasteiger partial charge in [-0.05, 0) is 71.0 Å². The van der Waals surface area contributed by atoms with E-state index in [-0.39, 0.29) is 16.9 Å². The Morgan fingerprint density at radius 1 is 0.933 bits per heavy atom. The number of carbonyl (C=O) groups excluding carboxylic acids is 2. The summed E-state index contributed by atoms with van der Waals surface area (Å²) in [4.78, 5) is 24.4. The lowest BCUT2D eigenvalue weighted by atomic mass is 10.2. The highest BCUT2D eigenvalue weighted by molar-refractivity contribution is 9.10. The van der Waals surface area contributed by atoms with Gasteiger partial charge in [-0.3, -0.25) is 25.8 Å². The maximum Gasteiger partial charge on any atom is 0.270 e. The van der Waals surface area contributed by atoms with Crippen LogP contribution in [-0.4, -0.2) is 23.5 Å². The van der Waals surface area contributed by atoms with Gasteiger partial charge in [-0.2, -0.15) is 0 Å². The number of unbranched alkanes of at least 4 members (excludes halogenated alkanes) is 4. The van der Waals surface area contributed by atoms with Gasteiger partial charge in [0.1, 0.15) is 5.75 Å². The Bertz CT molecular complexity index is 859. The van der Waals surface area contributed by atoms with Gasteiger partial charge in [-0.25, -0.2) is 0 Å². The molecule has 0 heterocycles. The zero-order chi connectivity index (χ0) is 21.8. The summed E-state index contributed by atoms with van der Waals surface area (Å²) in [6.45, 7) is 2.86. The molecule has 2 rings (SSSR count). The van der Waals surface area contributed by atoms with E-state index < -0.39 is 0 Å². The fourth-order valence-corrected chi connectivity index (χ4v) is 3.24. The number of hydrazine groups is 1. The molecule has 160 valence electrons. The van der Waals surface area contributed by atoms with Crippen LogP contribution in [0.2, 0.25) is 0 Å². The smallest absolute Gasteiger partial charge is 0.270 e. The lowest BCUT2D eigenvalue weighted by molar-refractivity contribution is 0.0934. The Labute approximate surface area is 190 Å². The third-order valence-electron chi connectivity index (χ3n) is 4.27. The molecule has 8 heteroatoms. The van der Waals surface area contributed by atoms with Crippen molar-refractivity contribution in [1.82, 2.24) is 16.2 Å². The zero-order valence-corrected chi connectivity index (χ0v) is 19.3. The zero-order valence-electron chi connectivity index (χ0n) is 16.9. The third kappa shape index (κ3) is 8.12. The van der Waals surface area contributed by atoms with Gasteiger partial charge in [0.2, 0.25) is 0 Å². The minimum Gasteiger partial charge on any atom is -0.494 e. The summed E-state index contributed by atoms with van der Waals surface area (Å²) in [5.74, 6) is -0.0347. The van der Waals surface area contributed by atoms with Crippen molar-refractivity contribution in [3.63, 3.8) is 0 Å². The molecule has 30 heavy (non-hydrogen) atoms. The number of halogens is 1. The van der Waals surface area contributed by atoms with Gasteiger partial charge < -0.3 is 4.74 Å². The minimum atomic E-state index is -0.381. The van der Waals surface area contributed by atoms with Crippen LogP contribution < -0.4 is 20.9 Å². The van der Waals surface area contributed by atoms with E-state index in [0.717, 1.165) is 18.6 Å². The number of rotatable bonds is 9. The van der Waals surface area contributed by atoms with E-state index in [1.165, 1.54) is 19.3 Å². The molecule has 0 aliphatic heterocycles. The van der Waals surface area contributed by atoms with Crippen molar-refractivity contribution in [3.8, 4) is 5.75 Å². The Balaban J connectivity index is 1.73. The monoisotopic (exact) mass is 491 g/mol. The van der Waals surface area contributed by atoms with Crippen molar-refractivity contribution in [1.29, 1.82) is 0 Å². The molecule has 0 spiro atoms. The molecule has 0 unspecified atom stereocenters. The standard InChI is InChI=1S/C22H26BrN3O3S/c1-2-3-4-5-8-15-29-17-13-11-16(12-14-17)20(27)24-22(30)26-25-21(28)18-9-6-7-10-19(18)23/h6-7,9-14H,2-5,8,15H2,1H3,(H,25,28)(H2,24,26,27,30). The van der Waals surface area contributed by atoms with Crippen molar-refractivity contribution in [2.24, 2.45) is 0 Å². The number of ether oxygens (including phenoxy) is 1.